The van der Waals surface area contributed by atoms with Gasteiger partial charge in [0.05, 0.1) is 5.88 Å². The zero-order chi connectivity index (χ0) is 14.3. The van der Waals surface area contributed by atoms with Crippen molar-refractivity contribution in [1.29, 1.82) is 0 Å². The lowest BCUT2D eigenvalue weighted by molar-refractivity contribution is -0.134. The smallest absolute Gasteiger partial charge is 0.165 e. The molecule has 1 aromatic rings. The molecule has 2 rings (SSSR count). The Bertz CT molecular complexity index is 340. The van der Waals surface area contributed by atoms with E-state index in [1.165, 1.54) is 0 Å². The van der Waals surface area contributed by atoms with Crippen molar-refractivity contribution >= 4 is 22.9 Å². The summed E-state index contributed by atoms with van der Waals surface area (Å²) in [6.45, 7) is 8.00. The quantitative estimate of drug-likeness (QED) is 0.552. The van der Waals surface area contributed by atoms with Crippen molar-refractivity contribution in [2.24, 2.45) is 0 Å². The minimum atomic E-state index is -4.22. The molecule has 0 unspecified atom stereocenters. The third-order valence-corrected chi connectivity index (χ3v) is 3.86. The Balaban J connectivity index is 0.000000659. The van der Waals surface area contributed by atoms with Crippen molar-refractivity contribution in [3.63, 3.8) is 0 Å². The Morgan fingerprint density at radius 1 is 1.22 bits per heavy atom. The van der Waals surface area contributed by atoms with Crippen LogP contribution in [0, 0.1) is 0 Å². The van der Waals surface area contributed by atoms with E-state index in [-0.39, 0.29) is 11.8 Å². The van der Waals surface area contributed by atoms with Gasteiger partial charge in [0.1, 0.15) is 4.88 Å². The molecule has 0 nitrogen and oxygen atoms in total. The molecule has 1 aliphatic rings. The Labute approximate surface area is 116 Å². The largest absolute Gasteiger partial charge is 0.425 e. The maximum atomic E-state index is 12.6. The number of alkyl halides is 4. The van der Waals surface area contributed by atoms with Crippen LogP contribution in [0.25, 0.3) is 0 Å². The Morgan fingerprint density at radius 3 is 2.06 bits per heavy atom. The van der Waals surface area contributed by atoms with Gasteiger partial charge in [-0.15, -0.1) is 22.9 Å². The molecule has 0 amide bonds. The third-order valence-electron chi connectivity index (χ3n) is 2.22. The van der Waals surface area contributed by atoms with E-state index in [0.717, 1.165) is 24.2 Å². The molecular formula is C13H20ClF3S. The molecule has 0 spiro atoms. The summed E-state index contributed by atoms with van der Waals surface area (Å²) in [6, 6.07) is 1.61. The van der Waals surface area contributed by atoms with Crippen LogP contribution < -0.4 is 0 Å². The highest BCUT2D eigenvalue weighted by molar-refractivity contribution is 7.12. The summed E-state index contributed by atoms with van der Waals surface area (Å²) in [4.78, 5) is 0.163. The molecule has 1 aliphatic carbocycles. The van der Waals surface area contributed by atoms with Crippen molar-refractivity contribution in [2.45, 2.75) is 58.5 Å². The minimum Gasteiger partial charge on any atom is -0.165 e. The number of hydrogen-bond donors (Lipinski definition) is 0. The van der Waals surface area contributed by atoms with Crippen LogP contribution in [0.15, 0.2) is 6.07 Å². The van der Waals surface area contributed by atoms with Crippen molar-refractivity contribution in [2.75, 3.05) is 0 Å². The lowest BCUT2D eigenvalue weighted by Gasteiger charge is -2.05. The lowest BCUT2D eigenvalue weighted by atomic mass is 10.1. The maximum absolute atomic E-state index is 12.6. The summed E-state index contributed by atoms with van der Waals surface area (Å²) in [6.07, 6.45) is -2.46. The van der Waals surface area contributed by atoms with Gasteiger partial charge in [0, 0.05) is 4.88 Å². The second-order valence-electron chi connectivity index (χ2n) is 3.40. The standard InChI is InChI=1S/C9H8ClF3S.2C2H6/c10-4-6-3-7(5-1-2-5)8(14-6)9(11,12)13;2*1-2/h3,5H,1-2,4H2;2*1-2H3. The molecule has 1 fully saturated rings. The molecule has 1 aromatic heterocycles. The topological polar surface area (TPSA) is 0 Å². The predicted molar refractivity (Wildman–Crippen MR) is 73.5 cm³/mol. The van der Waals surface area contributed by atoms with Gasteiger partial charge in [-0.1, -0.05) is 27.7 Å². The normalized spacial score (nSPS) is 14.2. The van der Waals surface area contributed by atoms with E-state index in [4.69, 9.17) is 11.6 Å². The summed E-state index contributed by atoms with van der Waals surface area (Å²) in [5, 5.41) is 0. The minimum absolute atomic E-state index is 0.125. The first-order valence-corrected chi connectivity index (χ1v) is 7.63. The van der Waals surface area contributed by atoms with Crippen LogP contribution in [-0.4, -0.2) is 0 Å². The fourth-order valence-electron chi connectivity index (χ4n) is 1.44. The average molecular weight is 301 g/mol. The van der Waals surface area contributed by atoms with Crippen LogP contribution in [0.1, 0.15) is 61.8 Å². The molecule has 0 N–H and O–H groups in total. The van der Waals surface area contributed by atoms with E-state index in [1.54, 1.807) is 6.07 Å². The molecule has 0 aromatic carbocycles. The SMILES string of the molecule is CC.CC.FC(F)(F)c1sc(CCl)cc1C1CC1. The molecule has 18 heavy (non-hydrogen) atoms. The van der Waals surface area contributed by atoms with Gasteiger partial charge in [0.25, 0.3) is 0 Å². The molecule has 0 atom stereocenters. The lowest BCUT2D eigenvalue weighted by Crippen LogP contribution is -2.04. The van der Waals surface area contributed by atoms with Gasteiger partial charge in [0.15, 0.2) is 0 Å². The second-order valence-corrected chi connectivity index (χ2v) is 4.81. The van der Waals surface area contributed by atoms with E-state index in [1.807, 2.05) is 27.7 Å². The number of halogens is 4. The summed E-state index contributed by atoms with van der Waals surface area (Å²) < 4.78 is 37.7. The van der Waals surface area contributed by atoms with E-state index in [9.17, 15) is 13.2 Å². The van der Waals surface area contributed by atoms with Gasteiger partial charge in [-0.2, -0.15) is 13.2 Å². The molecule has 0 radical (unpaired) electrons. The number of hydrogen-bond acceptors (Lipinski definition) is 1. The van der Waals surface area contributed by atoms with Gasteiger partial charge < -0.3 is 0 Å². The molecule has 1 heterocycles. The van der Waals surface area contributed by atoms with Crippen LogP contribution in [0.5, 0.6) is 0 Å². The zero-order valence-corrected chi connectivity index (χ0v) is 12.8. The molecule has 0 saturated heterocycles. The Morgan fingerprint density at radius 2 is 1.72 bits per heavy atom. The highest BCUT2D eigenvalue weighted by Gasteiger charge is 2.40. The predicted octanol–water partition coefficient (Wildman–Crippen LogP) is 6.44. The van der Waals surface area contributed by atoms with Gasteiger partial charge in [-0.25, -0.2) is 0 Å². The van der Waals surface area contributed by atoms with E-state index >= 15 is 0 Å². The zero-order valence-electron chi connectivity index (χ0n) is 11.2. The second kappa shape index (κ2) is 8.05. The fraction of sp³-hybridized carbons (Fsp3) is 0.692. The summed E-state index contributed by atoms with van der Waals surface area (Å²) in [5.74, 6) is 0.292. The molecule has 1 saturated carbocycles. The van der Waals surface area contributed by atoms with Crippen LogP contribution in [0.4, 0.5) is 13.2 Å². The van der Waals surface area contributed by atoms with E-state index < -0.39 is 11.1 Å². The molecule has 5 heteroatoms. The Kier molecular flexibility index (Phi) is 7.95. The summed E-state index contributed by atoms with van der Waals surface area (Å²) >= 11 is 6.31. The van der Waals surface area contributed by atoms with Crippen molar-refractivity contribution < 1.29 is 13.2 Å². The van der Waals surface area contributed by atoms with Crippen molar-refractivity contribution in [3.05, 3.63) is 21.4 Å². The number of rotatable bonds is 2. The van der Waals surface area contributed by atoms with E-state index in [2.05, 4.69) is 0 Å². The third kappa shape index (κ3) is 4.81. The molecular weight excluding hydrogens is 281 g/mol. The van der Waals surface area contributed by atoms with Crippen molar-refractivity contribution in [1.82, 2.24) is 0 Å². The average Bonchev–Trinajstić information content (AvgIpc) is 3.12. The van der Waals surface area contributed by atoms with Crippen LogP contribution in [0.3, 0.4) is 0 Å². The first kappa shape index (κ1) is 17.8. The highest BCUT2D eigenvalue weighted by Crippen LogP contribution is 2.49. The fourth-order valence-corrected chi connectivity index (χ4v) is 2.65. The van der Waals surface area contributed by atoms with Gasteiger partial charge in [0.2, 0.25) is 0 Å². The summed E-state index contributed by atoms with van der Waals surface area (Å²) in [5.41, 5.74) is 0.457. The first-order valence-electron chi connectivity index (χ1n) is 6.28. The monoisotopic (exact) mass is 300 g/mol. The van der Waals surface area contributed by atoms with E-state index in [0.29, 0.717) is 10.4 Å². The van der Waals surface area contributed by atoms with Crippen molar-refractivity contribution in [3.8, 4) is 0 Å². The highest BCUT2D eigenvalue weighted by atomic mass is 35.5. The van der Waals surface area contributed by atoms with Gasteiger partial charge >= 0.3 is 6.18 Å². The van der Waals surface area contributed by atoms with Crippen LogP contribution in [-0.2, 0) is 12.1 Å². The Hall–Kier alpha value is -0.220. The molecule has 0 bridgehead atoms. The van der Waals surface area contributed by atoms with Gasteiger partial charge in [-0.05, 0) is 30.4 Å². The van der Waals surface area contributed by atoms with Gasteiger partial charge in [-0.3, -0.25) is 0 Å². The van der Waals surface area contributed by atoms with Crippen LogP contribution >= 0.6 is 22.9 Å². The first-order chi connectivity index (χ1) is 8.52. The van der Waals surface area contributed by atoms with Crippen LogP contribution in [0.2, 0.25) is 0 Å². The number of thiophene rings is 1. The molecule has 106 valence electrons. The maximum Gasteiger partial charge on any atom is 0.425 e. The molecule has 0 aliphatic heterocycles. The summed E-state index contributed by atoms with van der Waals surface area (Å²) in [7, 11) is 0.